The summed E-state index contributed by atoms with van der Waals surface area (Å²) >= 11 is 0. The Kier molecular flexibility index (Phi) is 4.43. The number of methoxy groups -OCH3 is 1. The minimum absolute atomic E-state index is 0.349. The highest BCUT2D eigenvalue weighted by atomic mass is 16.7. The molecule has 0 aliphatic heterocycles. The van der Waals surface area contributed by atoms with E-state index >= 15 is 0 Å². The predicted molar refractivity (Wildman–Crippen MR) is 57.1 cm³/mol. The number of hydrogen-bond donors (Lipinski definition) is 1. The Morgan fingerprint density at radius 3 is 2.86 bits per heavy atom. The van der Waals surface area contributed by atoms with E-state index in [1.54, 1.807) is 7.11 Å². The van der Waals surface area contributed by atoms with Gasteiger partial charge in [0.2, 0.25) is 0 Å². The van der Waals surface area contributed by atoms with Crippen LogP contribution in [0.1, 0.15) is 11.1 Å². The molecule has 0 heterocycles. The van der Waals surface area contributed by atoms with E-state index in [4.69, 9.17) is 15.2 Å². The number of anilines is 1. The fourth-order valence-corrected chi connectivity index (χ4v) is 1.30. The first-order chi connectivity index (χ1) is 6.75. The molecule has 0 fully saturated rings. The fourth-order valence-electron chi connectivity index (χ4n) is 1.30. The van der Waals surface area contributed by atoms with Crippen LogP contribution in [-0.4, -0.2) is 20.5 Å². The molecular weight excluding hydrogens is 178 g/mol. The molecule has 1 aromatic carbocycles. The first kappa shape index (κ1) is 11.0. The van der Waals surface area contributed by atoms with E-state index in [0.717, 1.165) is 17.7 Å². The van der Waals surface area contributed by atoms with Crippen molar-refractivity contribution in [2.24, 2.45) is 0 Å². The summed E-state index contributed by atoms with van der Waals surface area (Å²) in [6.07, 6.45) is 0.875. The standard InChI is InChI=1S/C11H17NO2/c1-9-10(4-3-5-11(9)12)6-7-14-8-13-2/h3-5H,6-8,12H2,1-2H3. The molecule has 3 nitrogen and oxygen atoms in total. The summed E-state index contributed by atoms with van der Waals surface area (Å²) in [4.78, 5) is 0. The Bertz CT molecular complexity index is 287. The van der Waals surface area contributed by atoms with Crippen molar-refractivity contribution >= 4 is 5.69 Å². The summed E-state index contributed by atoms with van der Waals surface area (Å²) in [5, 5.41) is 0. The first-order valence-electron chi connectivity index (χ1n) is 4.66. The second-order valence-electron chi connectivity index (χ2n) is 3.20. The molecule has 0 saturated carbocycles. The summed E-state index contributed by atoms with van der Waals surface area (Å²) in [6, 6.07) is 5.95. The van der Waals surface area contributed by atoms with Gasteiger partial charge in [-0.2, -0.15) is 0 Å². The van der Waals surface area contributed by atoms with Gasteiger partial charge in [0.1, 0.15) is 6.79 Å². The summed E-state index contributed by atoms with van der Waals surface area (Å²) in [5.41, 5.74) is 9.01. The van der Waals surface area contributed by atoms with Gasteiger partial charge < -0.3 is 15.2 Å². The quantitative estimate of drug-likeness (QED) is 0.442. The van der Waals surface area contributed by atoms with Crippen molar-refractivity contribution in [3.8, 4) is 0 Å². The SMILES string of the molecule is COCOCCc1cccc(N)c1C. The minimum atomic E-state index is 0.349. The van der Waals surface area contributed by atoms with E-state index in [0.29, 0.717) is 13.4 Å². The van der Waals surface area contributed by atoms with Gasteiger partial charge in [0, 0.05) is 12.8 Å². The lowest BCUT2D eigenvalue weighted by molar-refractivity contribution is -0.0291. The zero-order chi connectivity index (χ0) is 10.4. The fraction of sp³-hybridized carbons (Fsp3) is 0.455. The van der Waals surface area contributed by atoms with Gasteiger partial charge >= 0.3 is 0 Å². The van der Waals surface area contributed by atoms with E-state index in [1.807, 2.05) is 19.1 Å². The van der Waals surface area contributed by atoms with Gasteiger partial charge in [-0.1, -0.05) is 12.1 Å². The van der Waals surface area contributed by atoms with Crippen molar-refractivity contribution in [1.29, 1.82) is 0 Å². The third-order valence-corrected chi connectivity index (χ3v) is 2.20. The number of hydrogen-bond acceptors (Lipinski definition) is 3. The Hall–Kier alpha value is -1.06. The molecule has 0 bridgehead atoms. The lowest BCUT2D eigenvalue weighted by Gasteiger charge is -2.08. The van der Waals surface area contributed by atoms with Crippen LogP contribution in [0.2, 0.25) is 0 Å². The maximum atomic E-state index is 5.79. The molecule has 0 radical (unpaired) electrons. The van der Waals surface area contributed by atoms with Gasteiger partial charge in [-0.15, -0.1) is 0 Å². The van der Waals surface area contributed by atoms with E-state index in [9.17, 15) is 0 Å². The highest BCUT2D eigenvalue weighted by Gasteiger charge is 2.00. The highest BCUT2D eigenvalue weighted by molar-refractivity contribution is 5.49. The number of ether oxygens (including phenoxy) is 2. The predicted octanol–water partition coefficient (Wildman–Crippen LogP) is 1.74. The van der Waals surface area contributed by atoms with Gasteiger partial charge in [0.05, 0.1) is 6.61 Å². The summed E-state index contributed by atoms with van der Waals surface area (Å²) in [7, 11) is 1.62. The number of nitrogens with two attached hydrogens (primary N) is 1. The zero-order valence-electron chi connectivity index (χ0n) is 8.75. The van der Waals surface area contributed by atoms with Gasteiger partial charge in [0.25, 0.3) is 0 Å². The van der Waals surface area contributed by atoms with Crippen molar-refractivity contribution in [2.75, 3.05) is 26.2 Å². The Morgan fingerprint density at radius 2 is 2.14 bits per heavy atom. The van der Waals surface area contributed by atoms with Gasteiger partial charge in [-0.3, -0.25) is 0 Å². The highest BCUT2D eigenvalue weighted by Crippen LogP contribution is 2.15. The Morgan fingerprint density at radius 1 is 1.36 bits per heavy atom. The smallest absolute Gasteiger partial charge is 0.146 e. The number of nitrogen functional groups attached to an aromatic ring is 1. The van der Waals surface area contributed by atoms with Crippen LogP contribution >= 0.6 is 0 Å². The monoisotopic (exact) mass is 195 g/mol. The van der Waals surface area contributed by atoms with E-state index < -0.39 is 0 Å². The van der Waals surface area contributed by atoms with Crippen LogP contribution in [0.15, 0.2) is 18.2 Å². The molecule has 0 aliphatic rings. The summed E-state index contributed by atoms with van der Waals surface area (Å²) in [6.45, 7) is 3.04. The van der Waals surface area contributed by atoms with Crippen molar-refractivity contribution < 1.29 is 9.47 Å². The van der Waals surface area contributed by atoms with Crippen LogP contribution in [0, 0.1) is 6.92 Å². The third-order valence-electron chi connectivity index (χ3n) is 2.20. The van der Waals surface area contributed by atoms with Crippen molar-refractivity contribution in [2.45, 2.75) is 13.3 Å². The van der Waals surface area contributed by atoms with Gasteiger partial charge in [-0.05, 0) is 30.5 Å². The molecule has 0 amide bonds. The molecule has 1 aromatic rings. The van der Waals surface area contributed by atoms with Crippen LogP contribution in [-0.2, 0) is 15.9 Å². The minimum Gasteiger partial charge on any atom is -0.399 e. The first-order valence-corrected chi connectivity index (χ1v) is 4.66. The summed E-state index contributed by atoms with van der Waals surface area (Å²) < 4.78 is 10.0. The molecule has 3 heteroatoms. The molecule has 0 aromatic heterocycles. The van der Waals surface area contributed by atoms with E-state index in [2.05, 4.69) is 6.07 Å². The Labute approximate surface area is 84.8 Å². The summed E-state index contributed by atoms with van der Waals surface area (Å²) in [5.74, 6) is 0. The van der Waals surface area contributed by atoms with Crippen molar-refractivity contribution in [3.63, 3.8) is 0 Å². The van der Waals surface area contributed by atoms with Crippen LogP contribution < -0.4 is 5.73 Å². The van der Waals surface area contributed by atoms with Crippen LogP contribution in [0.3, 0.4) is 0 Å². The molecule has 0 aliphatic carbocycles. The molecule has 14 heavy (non-hydrogen) atoms. The van der Waals surface area contributed by atoms with Crippen LogP contribution in [0.4, 0.5) is 5.69 Å². The third kappa shape index (κ3) is 3.01. The average molecular weight is 195 g/mol. The maximum Gasteiger partial charge on any atom is 0.146 e. The molecule has 0 atom stereocenters. The molecular formula is C11H17NO2. The van der Waals surface area contributed by atoms with Crippen molar-refractivity contribution in [1.82, 2.24) is 0 Å². The molecule has 78 valence electrons. The van der Waals surface area contributed by atoms with Crippen LogP contribution in [0.5, 0.6) is 0 Å². The topological polar surface area (TPSA) is 44.5 Å². The largest absolute Gasteiger partial charge is 0.399 e. The Balaban J connectivity index is 2.46. The molecule has 0 spiro atoms. The van der Waals surface area contributed by atoms with Crippen LogP contribution in [0.25, 0.3) is 0 Å². The number of benzene rings is 1. The molecule has 0 saturated heterocycles. The average Bonchev–Trinajstić information content (AvgIpc) is 2.19. The second-order valence-corrected chi connectivity index (χ2v) is 3.20. The zero-order valence-corrected chi connectivity index (χ0v) is 8.75. The molecule has 2 N–H and O–H groups in total. The van der Waals surface area contributed by atoms with E-state index in [-0.39, 0.29) is 0 Å². The maximum absolute atomic E-state index is 5.79. The van der Waals surface area contributed by atoms with Crippen molar-refractivity contribution in [3.05, 3.63) is 29.3 Å². The normalized spacial score (nSPS) is 10.4. The second kappa shape index (κ2) is 5.62. The molecule has 0 unspecified atom stereocenters. The van der Waals surface area contributed by atoms with Gasteiger partial charge in [-0.25, -0.2) is 0 Å². The lowest BCUT2D eigenvalue weighted by atomic mass is 10.0. The van der Waals surface area contributed by atoms with Gasteiger partial charge in [0.15, 0.2) is 0 Å². The lowest BCUT2D eigenvalue weighted by Crippen LogP contribution is -2.03. The molecule has 1 rings (SSSR count). The number of rotatable bonds is 5. The van der Waals surface area contributed by atoms with E-state index in [1.165, 1.54) is 5.56 Å².